The number of hydrogen-bond donors (Lipinski definition) is 0. The zero-order valence-electron chi connectivity index (χ0n) is 20.2. The fraction of sp³-hybridized carbons (Fsp3) is 0.179. The Morgan fingerprint density at radius 3 is 1.86 bits per heavy atom. The smallest absolute Gasteiger partial charge is 0.374 e. The van der Waals surface area contributed by atoms with E-state index in [1.807, 2.05) is 98.7 Å². The molecule has 0 fully saturated rings. The van der Waals surface area contributed by atoms with E-state index in [0.29, 0.717) is 28.6 Å². The molecular weight excluding hydrogens is 444 g/mol. The Hall–Kier alpha value is -4.39. The first-order chi connectivity index (χ1) is 16.9. The van der Waals surface area contributed by atoms with Gasteiger partial charge in [-0.1, -0.05) is 0 Å². The highest BCUT2D eigenvalue weighted by molar-refractivity contribution is 5.86. The van der Waals surface area contributed by atoms with E-state index in [9.17, 15) is 4.79 Å². The molecule has 180 valence electrons. The van der Waals surface area contributed by atoms with Crippen LogP contribution in [-0.2, 0) is 11.3 Å². The summed E-state index contributed by atoms with van der Waals surface area (Å²) in [4.78, 5) is 16.3. The van der Waals surface area contributed by atoms with Gasteiger partial charge in [0.15, 0.2) is 0 Å². The topological polar surface area (TPSA) is 64.4 Å². The van der Waals surface area contributed by atoms with E-state index in [1.165, 1.54) is 6.26 Å². The summed E-state index contributed by atoms with van der Waals surface area (Å²) in [6.45, 7) is 0.0163. The summed E-state index contributed by atoms with van der Waals surface area (Å²) in [6, 6.07) is 24.1. The van der Waals surface area contributed by atoms with Crippen LogP contribution in [0.2, 0.25) is 0 Å². The van der Waals surface area contributed by atoms with Crippen LogP contribution in [0.1, 0.15) is 16.1 Å². The van der Waals surface area contributed by atoms with Crippen LogP contribution in [0.5, 0.6) is 23.0 Å². The number of ether oxygens (including phenoxy) is 3. The van der Waals surface area contributed by atoms with Gasteiger partial charge in [-0.15, -0.1) is 0 Å². The van der Waals surface area contributed by atoms with Gasteiger partial charge >= 0.3 is 5.97 Å². The highest BCUT2D eigenvalue weighted by Gasteiger charge is 2.14. The van der Waals surface area contributed by atoms with Crippen molar-refractivity contribution in [1.29, 1.82) is 0 Å². The molecule has 0 bridgehead atoms. The van der Waals surface area contributed by atoms with Crippen molar-refractivity contribution in [3.8, 4) is 23.0 Å². The van der Waals surface area contributed by atoms with E-state index >= 15 is 0 Å². The molecular formula is C28H28N2O5. The first-order valence-electron chi connectivity index (χ1n) is 11.1. The molecule has 0 aliphatic heterocycles. The van der Waals surface area contributed by atoms with Crippen LogP contribution in [0, 0.1) is 0 Å². The van der Waals surface area contributed by atoms with Gasteiger partial charge in [-0.3, -0.25) is 0 Å². The summed E-state index contributed by atoms with van der Waals surface area (Å²) in [5, 5.41) is 0. The van der Waals surface area contributed by atoms with Crippen molar-refractivity contribution in [2.75, 3.05) is 38.0 Å². The molecule has 0 spiro atoms. The number of carbonyl (C=O) groups is 1. The van der Waals surface area contributed by atoms with Gasteiger partial charge in [0, 0.05) is 51.2 Å². The predicted octanol–water partition coefficient (Wildman–Crippen LogP) is 6.35. The normalized spacial score (nSPS) is 10.5. The van der Waals surface area contributed by atoms with E-state index in [-0.39, 0.29) is 12.4 Å². The van der Waals surface area contributed by atoms with Crippen molar-refractivity contribution < 1.29 is 23.4 Å². The number of furan rings is 1. The molecule has 0 radical (unpaired) electrons. The quantitative estimate of drug-likeness (QED) is 0.263. The van der Waals surface area contributed by atoms with Crippen LogP contribution in [0.25, 0.3) is 0 Å². The molecule has 0 aliphatic rings. The SMILES string of the molecule is CN(C)c1ccc(Oc2ccc(COC(=O)c3ccco3)c(Oc3ccc(N(C)C)cc3)c2)cc1. The Morgan fingerprint density at radius 1 is 0.743 bits per heavy atom. The number of esters is 1. The minimum absolute atomic E-state index is 0.0163. The van der Waals surface area contributed by atoms with Crippen molar-refractivity contribution >= 4 is 17.3 Å². The molecule has 0 N–H and O–H groups in total. The summed E-state index contributed by atoms with van der Waals surface area (Å²) < 4.78 is 22.8. The van der Waals surface area contributed by atoms with Crippen molar-refractivity contribution in [1.82, 2.24) is 0 Å². The number of anilines is 2. The number of benzene rings is 3. The molecule has 0 unspecified atom stereocenters. The second-order valence-corrected chi connectivity index (χ2v) is 8.30. The number of carbonyl (C=O) groups excluding carboxylic acids is 1. The third kappa shape index (κ3) is 6.14. The van der Waals surface area contributed by atoms with Gasteiger partial charge < -0.3 is 28.4 Å². The Labute approximate surface area is 205 Å². The Morgan fingerprint density at radius 2 is 1.31 bits per heavy atom. The lowest BCUT2D eigenvalue weighted by Gasteiger charge is -2.16. The molecule has 4 rings (SSSR count). The molecule has 4 aromatic rings. The Kier molecular flexibility index (Phi) is 7.26. The minimum atomic E-state index is -0.544. The lowest BCUT2D eigenvalue weighted by Crippen LogP contribution is -2.08. The average Bonchev–Trinajstić information content (AvgIpc) is 3.39. The van der Waals surface area contributed by atoms with Gasteiger partial charge in [-0.25, -0.2) is 4.79 Å². The largest absolute Gasteiger partial charge is 0.457 e. The summed E-state index contributed by atoms with van der Waals surface area (Å²) >= 11 is 0. The number of hydrogen-bond acceptors (Lipinski definition) is 7. The van der Waals surface area contributed by atoms with Gasteiger partial charge in [0.05, 0.1) is 6.26 Å². The van der Waals surface area contributed by atoms with Crippen molar-refractivity contribution in [2.45, 2.75) is 6.61 Å². The summed E-state index contributed by atoms with van der Waals surface area (Å²) in [6.07, 6.45) is 1.43. The molecule has 0 amide bonds. The molecule has 0 aliphatic carbocycles. The maximum Gasteiger partial charge on any atom is 0.374 e. The van der Waals surface area contributed by atoms with Gasteiger partial charge in [-0.2, -0.15) is 0 Å². The third-order valence-corrected chi connectivity index (χ3v) is 5.29. The first-order valence-corrected chi connectivity index (χ1v) is 11.1. The first kappa shape index (κ1) is 23.8. The molecule has 35 heavy (non-hydrogen) atoms. The maximum atomic E-state index is 12.2. The van der Waals surface area contributed by atoms with Crippen LogP contribution in [-0.4, -0.2) is 34.2 Å². The monoisotopic (exact) mass is 472 g/mol. The van der Waals surface area contributed by atoms with E-state index in [0.717, 1.165) is 11.4 Å². The molecule has 0 saturated carbocycles. The molecule has 1 aromatic heterocycles. The van der Waals surface area contributed by atoms with Gasteiger partial charge in [0.25, 0.3) is 0 Å². The zero-order chi connectivity index (χ0) is 24.8. The summed E-state index contributed by atoms with van der Waals surface area (Å²) in [5.41, 5.74) is 2.83. The fourth-order valence-electron chi connectivity index (χ4n) is 3.31. The van der Waals surface area contributed by atoms with Gasteiger partial charge in [0.1, 0.15) is 29.6 Å². The third-order valence-electron chi connectivity index (χ3n) is 5.29. The van der Waals surface area contributed by atoms with Crippen LogP contribution in [0.3, 0.4) is 0 Å². The molecule has 7 heteroatoms. The molecule has 0 atom stereocenters. The fourth-order valence-corrected chi connectivity index (χ4v) is 3.31. The van der Waals surface area contributed by atoms with Gasteiger partial charge in [-0.05, 0) is 72.8 Å². The Bertz CT molecular complexity index is 1250. The molecule has 3 aromatic carbocycles. The number of nitrogens with zero attached hydrogens (tertiary/aromatic N) is 2. The van der Waals surface area contributed by atoms with Crippen molar-refractivity contribution in [3.63, 3.8) is 0 Å². The van der Waals surface area contributed by atoms with E-state index < -0.39 is 5.97 Å². The zero-order valence-corrected chi connectivity index (χ0v) is 20.2. The predicted molar refractivity (Wildman–Crippen MR) is 136 cm³/mol. The van der Waals surface area contributed by atoms with Crippen LogP contribution >= 0.6 is 0 Å². The second kappa shape index (κ2) is 10.7. The number of rotatable bonds is 9. The maximum absolute atomic E-state index is 12.2. The van der Waals surface area contributed by atoms with E-state index in [4.69, 9.17) is 18.6 Å². The highest BCUT2D eigenvalue weighted by atomic mass is 16.5. The molecule has 1 heterocycles. The summed E-state index contributed by atoms with van der Waals surface area (Å²) in [5.74, 6) is 2.09. The van der Waals surface area contributed by atoms with Crippen LogP contribution in [0.15, 0.2) is 89.5 Å². The van der Waals surface area contributed by atoms with Crippen LogP contribution < -0.4 is 19.3 Å². The van der Waals surface area contributed by atoms with E-state index in [1.54, 1.807) is 18.2 Å². The van der Waals surface area contributed by atoms with Gasteiger partial charge in [0.2, 0.25) is 5.76 Å². The average molecular weight is 473 g/mol. The standard InChI is InChI=1S/C28H28N2O5/c1-29(2)21-8-13-23(14-9-21)34-25-12-7-20(19-33-28(31)26-6-5-17-32-26)27(18-25)35-24-15-10-22(11-16-24)30(3)4/h5-18H,19H2,1-4H3. The molecule has 0 saturated heterocycles. The van der Waals surface area contributed by atoms with E-state index in [2.05, 4.69) is 0 Å². The van der Waals surface area contributed by atoms with Crippen LogP contribution in [0.4, 0.5) is 11.4 Å². The second-order valence-electron chi connectivity index (χ2n) is 8.30. The Balaban J connectivity index is 1.56. The lowest BCUT2D eigenvalue weighted by atomic mass is 10.2. The minimum Gasteiger partial charge on any atom is -0.457 e. The lowest BCUT2D eigenvalue weighted by molar-refractivity contribution is 0.0434. The molecule has 7 nitrogen and oxygen atoms in total. The highest BCUT2D eigenvalue weighted by Crippen LogP contribution is 2.33. The van der Waals surface area contributed by atoms with Crippen molar-refractivity contribution in [2.24, 2.45) is 0 Å². The van der Waals surface area contributed by atoms with Crippen molar-refractivity contribution in [3.05, 3.63) is 96.4 Å². The summed E-state index contributed by atoms with van der Waals surface area (Å²) in [7, 11) is 7.93.